The molecule has 0 radical (unpaired) electrons. The Balaban J connectivity index is 1.78. The van der Waals surface area contributed by atoms with Crippen LogP contribution in [-0.4, -0.2) is 20.6 Å². The number of aryl methyl sites for hydroxylation is 2. The first-order chi connectivity index (χ1) is 9.24. The number of carboxylic acid groups (broad SMARTS) is 1. The number of aromatic carboxylic acids is 1. The van der Waals surface area contributed by atoms with Gasteiger partial charge in [0.1, 0.15) is 5.69 Å². The van der Waals surface area contributed by atoms with Gasteiger partial charge in [0.2, 0.25) is 0 Å². The summed E-state index contributed by atoms with van der Waals surface area (Å²) in [6, 6.07) is 11.4. The van der Waals surface area contributed by atoms with Crippen LogP contribution in [0, 0.1) is 0 Å². The van der Waals surface area contributed by atoms with Crippen LogP contribution in [0.2, 0.25) is 0 Å². The van der Waals surface area contributed by atoms with E-state index in [1.54, 1.807) is 34.2 Å². The first-order valence-corrected chi connectivity index (χ1v) is 6.78. The Morgan fingerprint density at radius 3 is 2.89 bits per heavy atom. The number of aromatic nitrogens is 2. The van der Waals surface area contributed by atoms with Crippen molar-refractivity contribution in [3.63, 3.8) is 0 Å². The molecule has 0 aliphatic heterocycles. The van der Waals surface area contributed by atoms with Gasteiger partial charge in [0.25, 0.3) is 0 Å². The van der Waals surface area contributed by atoms with Crippen LogP contribution in [0.5, 0.6) is 0 Å². The zero-order valence-corrected chi connectivity index (χ0v) is 10.9. The molecule has 96 valence electrons. The van der Waals surface area contributed by atoms with Gasteiger partial charge >= 0.3 is 5.97 Å². The van der Waals surface area contributed by atoms with E-state index in [9.17, 15) is 4.79 Å². The Labute approximate surface area is 113 Å². The van der Waals surface area contributed by atoms with Gasteiger partial charge in [-0.25, -0.2) is 9.78 Å². The number of carbonyl (C=O) groups is 1. The highest BCUT2D eigenvalue weighted by Gasteiger charge is 2.09. The van der Waals surface area contributed by atoms with E-state index in [0.29, 0.717) is 12.2 Å². The van der Waals surface area contributed by atoms with Crippen LogP contribution < -0.4 is 0 Å². The van der Waals surface area contributed by atoms with Gasteiger partial charge in [-0.2, -0.15) is 0 Å². The van der Waals surface area contributed by atoms with E-state index < -0.39 is 5.97 Å². The lowest BCUT2D eigenvalue weighted by Gasteiger charge is -2.03. The molecule has 4 nitrogen and oxygen atoms in total. The second-order valence-electron chi connectivity index (χ2n) is 4.22. The molecule has 1 N–H and O–H groups in total. The molecule has 2 heterocycles. The van der Waals surface area contributed by atoms with Crippen LogP contribution in [0.1, 0.15) is 15.5 Å². The van der Waals surface area contributed by atoms with Crippen molar-refractivity contribution < 1.29 is 9.90 Å². The third-order valence-corrected chi connectivity index (χ3v) is 4.05. The van der Waals surface area contributed by atoms with Crippen LogP contribution in [-0.2, 0) is 13.0 Å². The number of hydrogen-bond donors (Lipinski definition) is 1. The number of nitrogens with zero attached hydrogens (tertiary/aromatic N) is 2. The third kappa shape index (κ3) is 2.37. The average molecular weight is 272 g/mol. The minimum atomic E-state index is -0.894. The zero-order chi connectivity index (χ0) is 13.2. The molecule has 19 heavy (non-hydrogen) atoms. The summed E-state index contributed by atoms with van der Waals surface area (Å²) >= 11 is 1.66. The lowest BCUT2D eigenvalue weighted by atomic mass is 10.3. The molecule has 3 aromatic rings. The van der Waals surface area contributed by atoms with Gasteiger partial charge in [-0.05, 0) is 24.3 Å². The Hall–Kier alpha value is -2.14. The molecule has 0 fully saturated rings. The molecule has 0 atom stereocenters. The molecule has 0 aliphatic rings. The minimum Gasteiger partial charge on any atom is -0.477 e. The molecule has 0 saturated carbocycles. The monoisotopic (exact) mass is 272 g/mol. The fourth-order valence-electron chi connectivity index (χ4n) is 2.05. The molecule has 1 aromatic carbocycles. The van der Waals surface area contributed by atoms with Crippen LogP contribution in [0.25, 0.3) is 10.2 Å². The number of thiazole rings is 1. The summed E-state index contributed by atoms with van der Waals surface area (Å²) in [5.74, 6) is -0.894. The van der Waals surface area contributed by atoms with Gasteiger partial charge in [-0.15, -0.1) is 11.3 Å². The summed E-state index contributed by atoms with van der Waals surface area (Å²) in [5, 5.41) is 10.1. The van der Waals surface area contributed by atoms with E-state index in [1.165, 1.54) is 4.70 Å². The molecule has 0 amide bonds. The predicted molar refractivity (Wildman–Crippen MR) is 74.7 cm³/mol. The number of fused-ring (bicyclic) bond motifs is 1. The standard InChI is InChI=1S/C14H12N2O2S/c17-14(18)11-5-3-8-16(11)9-7-13-15-10-4-1-2-6-12(10)19-13/h1-6,8H,7,9H2,(H,17,18). The predicted octanol–water partition coefficient (Wildman–Crippen LogP) is 3.04. The molecular weight excluding hydrogens is 260 g/mol. The summed E-state index contributed by atoms with van der Waals surface area (Å²) in [6.07, 6.45) is 2.53. The fraction of sp³-hybridized carbons (Fsp3) is 0.143. The Kier molecular flexibility index (Phi) is 3.05. The van der Waals surface area contributed by atoms with Crippen molar-refractivity contribution in [1.82, 2.24) is 9.55 Å². The van der Waals surface area contributed by atoms with E-state index in [0.717, 1.165) is 16.9 Å². The number of benzene rings is 1. The van der Waals surface area contributed by atoms with Crippen molar-refractivity contribution in [1.29, 1.82) is 0 Å². The summed E-state index contributed by atoms with van der Waals surface area (Å²) < 4.78 is 2.91. The maximum Gasteiger partial charge on any atom is 0.352 e. The quantitative estimate of drug-likeness (QED) is 0.794. The van der Waals surface area contributed by atoms with Crippen LogP contribution in [0.15, 0.2) is 42.6 Å². The molecule has 3 rings (SSSR count). The van der Waals surface area contributed by atoms with Gasteiger partial charge in [0, 0.05) is 19.2 Å². The summed E-state index contributed by atoms with van der Waals surface area (Å²) in [5.41, 5.74) is 1.33. The van der Waals surface area contributed by atoms with Crippen molar-refractivity contribution in [2.75, 3.05) is 0 Å². The number of hydrogen-bond acceptors (Lipinski definition) is 3. The summed E-state index contributed by atoms with van der Waals surface area (Å²) in [7, 11) is 0. The van der Waals surface area contributed by atoms with E-state index >= 15 is 0 Å². The van der Waals surface area contributed by atoms with Crippen molar-refractivity contribution >= 4 is 27.5 Å². The maximum atomic E-state index is 11.0. The normalized spacial score (nSPS) is 10.9. The van der Waals surface area contributed by atoms with Crippen molar-refractivity contribution in [3.8, 4) is 0 Å². The molecule has 0 bridgehead atoms. The number of rotatable bonds is 4. The lowest BCUT2D eigenvalue weighted by molar-refractivity contribution is 0.0685. The summed E-state index contributed by atoms with van der Waals surface area (Å²) in [6.45, 7) is 0.633. The van der Waals surface area contributed by atoms with E-state index in [4.69, 9.17) is 5.11 Å². The van der Waals surface area contributed by atoms with E-state index in [1.807, 2.05) is 18.2 Å². The Morgan fingerprint density at radius 2 is 2.11 bits per heavy atom. The zero-order valence-electron chi connectivity index (χ0n) is 10.1. The number of carboxylic acids is 1. The van der Waals surface area contributed by atoms with E-state index in [2.05, 4.69) is 11.1 Å². The topological polar surface area (TPSA) is 55.1 Å². The molecule has 2 aromatic heterocycles. The average Bonchev–Trinajstić information content (AvgIpc) is 3.02. The van der Waals surface area contributed by atoms with E-state index in [-0.39, 0.29) is 0 Å². The van der Waals surface area contributed by atoms with Gasteiger partial charge < -0.3 is 9.67 Å². The molecule has 0 saturated heterocycles. The Bertz CT molecular complexity index is 697. The molecule has 0 aliphatic carbocycles. The third-order valence-electron chi connectivity index (χ3n) is 2.95. The smallest absolute Gasteiger partial charge is 0.352 e. The Morgan fingerprint density at radius 1 is 1.26 bits per heavy atom. The maximum absolute atomic E-state index is 11.0. The largest absolute Gasteiger partial charge is 0.477 e. The summed E-state index contributed by atoms with van der Waals surface area (Å²) in [4.78, 5) is 15.5. The second kappa shape index (κ2) is 4.85. The van der Waals surface area contributed by atoms with Crippen LogP contribution in [0.3, 0.4) is 0 Å². The van der Waals surface area contributed by atoms with Gasteiger partial charge in [-0.1, -0.05) is 12.1 Å². The lowest BCUT2D eigenvalue weighted by Crippen LogP contribution is -2.09. The second-order valence-corrected chi connectivity index (χ2v) is 5.33. The van der Waals surface area contributed by atoms with Crippen LogP contribution >= 0.6 is 11.3 Å². The first kappa shape index (κ1) is 11.9. The van der Waals surface area contributed by atoms with Crippen molar-refractivity contribution in [2.24, 2.45) is 0 Å². The molecule has 0 unspecified atom stereocenters. The highest BCUT2D eigenvalue weighted by molar-refractivity contribution is 7.18. The van der Waals surface area contributed by atoms with Crippen LogP contribution in [0.4, 0.5) is 0 Å². The number of para-hydroxylation sites is 1. The molecule has 0 spiro atoms. The SMILES string of the molecule is O=C(O)c1cccn1CCc1nc2ccccc2s1. The minimum absolute atomic E-state index is 0.320. The fourth-order valence-corrected chi connectivity index (χ4v) is 3.00. The molecular formula is C14H12N2O2S. The van der Waals surface area contributed by atoms with Gasteiger partial charge in [-0.3, -0.25) is 0 Å². The highest BCUT2D eigenvalue weighted by atomic mass is 32.1. The first-order valence-electron chi connectivity index (χ1n) is 5.97. The highest BCUT2D eigenvalue weighted by Crippen LogP contribution is 2.22. The van der Waals surface area contributed by atoms with Gasteiger partial charge in [0.15, 0.2) is 0 Å². The molecule has 5 heteroatoms. The van der Waals surface area contributed by atoms with Crippen molar-refractivity contribution in [2.45, 2.75) is 13.0 Å². The van der Waals surface area contributed by atoms with Crippen molar-refractivity contribution in [3.05, 3.63) is 53.3 Å². The van der Waals surface area contributed by atoms with Gasteiger partial charge in [0.05, 0.1) is 15.2 Å².